The molecule has 5 nitrogen and oxygen atoms in total. The molecule has 1 aromatic heterocycles. The Hall–Kier alpha value is -1.79. The summed E-state index contributed by atoms with van der Waals surface area (Å²) in [5.41, 5.74) is 1.99. The molecule has 1 aromatic carbocycles. The zero-order chi connectivity index (χ0) is 14.7. The maximum atomic E-state index is 13.3. The number of hydrogen-bond acceptors (Lipinski definition) is 4. The van der Waals surface area contributed by atoms with Gasteiger partial charge in [-0.2, -0.15) is 0 Å². The largest absolute Gasteiger partial charge is 0.371 e. The SMILES string of the molecule is CCn1nncc1CN1CCOC(c2cccc(F)c2)C1. The molecule has 21 heavy (non-hydrogen) atoms. The molecule has 0 saturated carbocycles. The molecular formula is C15H19FN4O. The predicted octanol–water partition coefficient (Wildman–Crippen LogP) is 2.01. The Balaban J connectivity index is 1.68. The van der Waals surface area contributed by atoms with Gasteiger partial charge in [0.05, 0.1) is 24.6 Å². The summed E-state index contributed by atoms with van der Waals surface area (Å²) >= 11 is 0. The Bertz CT molecular complexity index is 601. The summed E-state index contributed by atoms with van der Waals surface area (Å²) in [6.45, 7) is 5.91. The monoisotopic (exact) mass is 290 g/mol. The van der Waals surface area contributed by atoms with Crippen molar-refractivity contribution in [3.8, 4) is 0 Å². The van der Waals surface area contributed by atoms with Gasteiger partial charge in [0.1, 0.15) is 5.82 Å². The van der Waals surface area contributed by atoms with Gasteiger partial charge in [-0.05, 0) is 24.6 Å². The highest BCUT2D eigenvalue weighted by Gasteiger charge is 2.23. The highest BCUT2D eigenvalue weighted by Crippen LogP contribution is 2.23. The molecule has 0 spiro atoms. The number of rotatable bonds is 4. The molecule has 0 N–H and O–H groups in total. The van der Waals surface area contributed by atoms with Crippen molar-refractivity contribution < 1.29 is 9.13 Å². The van der Waals surface area contributed by atoms with Crippen molar-refractivity contribution in [3.05, 3.63) is 47.5 Å². The van der Waals surface area contributed by atoms with E-state index < -0.39 is 0 Å². The minimum Gasteiger partial charge on any atom is -0.371 e. The molecule has 1 fully saturated rings. The first-order valence-electron chi connectivity index (χ1n) is 7.23. The third-order valence-electron chi connectivity index (χ3n) is 3.75. The van der Waals surface area contributed by atoms with Crippen LogP contribution in [-0.2, 0) is 17.8 Å². The second-order valence-electron chi connectivity index (χ2n) is 5.19. The van der Waals surface area contributed by atoms with E-state index in [1.54, 1.807) is 18.3 Å². The Morgan fingerprint density at radius 1 is 1.43 bits per heavy atom. The number of morpholine rings is 1. The molecule has 0 aliphatic carbocycles. The minimum atomic E-state index is -0.221. The highest BCUT2D eigenvalue weighted by atomic mass is 19.1. The van der Waals surface area contributed by atoms with Gasteiger partial charge < -0.3 is 4.74 Å². The molecule has 0 amide bonds. The van der Waals surface area contributed by atoms with E-state index in [1.165, 1.54) is 6.07 Å². The topological polar surface area (TPSA) is 43.2 Å². The lowest BCUT2D eigenvalue weighted by Crippen LogP contribution is -2.38. The first-order chi connectivity index (χ1) is 10.3. The fraction of sp³-hybridized carbons (Fsp3) is 0.467. The molecule has 1 atom stereocenters. The van der Waals surface area contributed by atoms with Crippen LogP contribution < -0.4 is 0 Å². The van der Waals surface area contributed by atoms with E-state index in [-0.39, 0.29) is 11.9 Å². The predicted molar refractivity (Wildman–Crippen MR) is 76.1 cm³/mol. The smallest absolute Gasteiger partial charge is 0.123 e. The molecule has 1 aliphatic rings. The van der Waals surface area contributed by atoms with Crippen LogP contribution in [0.25, 0.3) is 0 Å². The first-order valence-corrected chi connectivity index (χ1v) is 7.23. The van der Waals surface area contributed by atoms with Crippen LogP contribution in [-0.4, -0.2) is 39.6 Å². The summed E-state index contributed by atoms with van der Waals surface area (Å²) in [6.07, 6.45) is 1.72. The van der Waals surface area contributed by atoms with Gasteiger partial charge in [-0.25, -0.2) is 9.07 Å². The number of ether oxygens (including phenoxy) is 1. The van der Waals surface area contributed by atoms with Crippen LogP contribution >= 0.6 is 0 Å². The summed E-state index contributed by atoms with van der Waals surface area (Å²) in [7, 11) is 0. The molecule has 0 radical (unpaired) electrons. The van der Waals surface area contributed by atoms with E-state index in [4.69, 9.17) is 4.74 Å². The number of aromatic nitrogens is 3. The molecule has 112 valence electrons. The second kappa shape index (κ2) is 6.32. The molecule has 3 rings (SSSR count). The second-order valence-corrected chi connectivity index (χ2v) is 5.19. The first kappa shape index (κ1) is 14.2. The fourth-order valence-corrected chi connectivity index (χ4v) is 2.65. The molecule has 6 heteroatoms. The van der Waals surface area contributed by atoms with Gasteiger partial charge in [0, 0.05) is 26.2 Å². The van der Waals surface area contributed by atoms with Crippen molar-refractivity contribution in [2.45, 2.75) is 26.1 Å². The van der Waals surface area contributed by atoms with Crippen molar-refractivity contribution >= 4 is 0 Å². The van der Waals surface area contributed by atoms with E-state index in [1.807, 2.05) is 17.7 Å². The number of benzene rings is 1. The van der Waals surface area contributed by atoms with Crippen LogP contribution in [0.1, 0.15) is 24.3 Å². The lowest BCUT2D eigenvalue weighted by molar-refractivity contribution is -0.0337. The quantitative estimate of drug-likeness (QED) is 0.864. The highest BCUT2D eigenvalue weighted by molar-refractivity contribution is 5.19. The molecule has 1 aliphatic heterocycles. The molecule has 1 saturated heterocycles. The van der Waals surface area contributed by atoms with E-state index in [9.17, 15) is 4.39 Å². The van der Waals surface area contributed by atoms with Crippen molar-refractivity contribution in [2.24, 2.45) is 0 Å². The van der Waals surface area contributed by atoms with Gasteiger partial charge in [0.25, 0.3) is 0 Å². The third-order valence-corrected chi connectivity index (χ3v) is 3.75. The van der Waals surface area contributed by atoms with E-state index in [0.717, 1.165) is 37.4 Å². The lowest BCUT2D eigenvalue weighted by Gasteiger charge is -2.33. The van der Waals surface area contributed by atoms with Crippen LogP contribution in [0, 0.1) is 5.82 Å². The number of halogens is 1. The van der Waals surface area contributed by atoms with Crippen molar-refractivity contribution in [3.63, 3.8) is 0 Å². The molecular weight excluding hydrogens is 271 g/mol. The molecule has 1 unspecified atom stereocenters. The third kappa shape index (κ3) is 3.28. The van der Waals surface area contributed by atoms with Gasteiger partial charge in [-0.3, -0.25) is 4.90 Å². The summed E-state index contributed by atoms with van der Waals surface area (Å²) in [5.74, 6) is -0.221. The van der Waals surface area contributed by atoms with Crippen molar-refractivity contribution in [2.75, 3.05) is 19.7 Å². The van der Waals surface area contributed by atoms with Gasteiger partial charge in [0.2, 0.25) is 0 Å². The maximum Gasteiger partial charge on any atom is 0.123 e. The summed E-state index contributed by atoms with van der Waals surface area (Å²) < 4.78 is 21.0. The van der Waals surface area contributed by atoms with Crippen LogP contribution in [0.15, 0.2) is 30.5 Å². The Labute approximate surface area is 123 Å². The zero-order valence-corrected chi connectivity index (χ0v) is 12.1. The van der Waals surface area contributed by atoms with E-state index in [2.05, 4.69) is 15.2 Å². The van der Waals surface area contributed by atoms with Gasteiger partial charge in [-0.1, -0.05) is 17.3 Å². The summed E-state index contributed by atoms with van der Waals surface area (Å²) in [5, 5.41) is 8.00. The number of nitrogens with zero attached hydrogens (tertiary/aromatic N) is 4. The van der Waals surface area contributed by atoms with Crippen LogP contribution in [0.5, 0.6) is 0 Å². The number of aryl methyl sites for hydroxylation is 1. The lowest BCUT2D eigenvalue weighted by atomic mass is 10.1. The van der Waals surface area contributed by atoms with E-state index in [0.29, 0.717) is 6.61 Å². The minimum absolute atomic E-state index is 0.0830. The molecule has 2 aromatic rings. The average Bonchev–Trinajstić information content (AvgIpc) is 2.95. The van der Waals surface area contributed by atoms with Crippen LogP contribution in [0.2, 0.25) is 0 Å². The van der Waals surface area contributed by atoms with Crippen molar-refractivity contribution in [1.82, 2.24) is 19.9 Å². The van der Waals surface area contributed by atoms with Crippen molar-refractivity contribution in [1.29, 1.82) is 0 Å². The Kier molecular flexibility index (Phi) is 4.26. The normalized spacial score (nSPS) is 19.8. The Morgan fingerprint density at radius 2 is 2.33 bits per heavy atom. The van der Waals surface area contributed by atoms with Gasteiger partial charge in [0.15, 0.2) is 0 Å². The van der Waals surface area contributed by atoms with Gasteiger partial charge in [-0.15, -0.1) is 5.10 Å². The fourth-order valence-electron chi connectivity index (χ4n) is 2.65. The van der Waals surface area contributed by atoms with E-state index >= 15 is 0 Å². The number of hydrogen-bond donors (Lipinski definition) is 0. The zero-order valence-electron chi connectivity index (χ0n) is 12.1. The average molecular weight is 290 g/mol. The maximum absolute atomic E-state index is 13.3. The standard InChI is InChI=1S/C15H19FN4O/c1-2-20-14(9-17-18-20)10-19-6-7-21-15(11-19)12-4-3-5-13(16)8-12/h3-5,8-9,15H,2,6-7,10-11H2,1H3. The summed E-state index contributed by atoms with van der Waals surface area (Å²) in [6, 6.07) is 6.64. The van der Waals surface area contributed by atoms with Gasteiger partial charge >= 0.3 is 0 Å². The van der Waals surface area contributed by atoms with Crippen LogP contribution in [0.3, 0.4) is 0 Å². The Morgan fingerprint density at radius 3 is 3.14 bits per heavy atom. The summed E-state index contributed by atoms with van der Waals surface area (Å²) in [4.78, 5) is 2.30. The molecule has 2 heterocycles. The molecule has 0 bridgehead atoms. The van der Waals surface area contributed by atoms with Crippen LogP contribution in [0.4, 0.5) is 4.39 Å².